The molecule has 7 nitrogen and oxygen atoms in total. The van der Waals surface area contributed by atoms with Crippen molar-refractivity contribution in [1.29, 1.82) is 0 Å². The van der Waals surface area contributed by atoms with E-state index >= 15 is 0 Å². The number of carbonyl (C=O) groups excluding carboxylic acids is 2. The number of hydrogen-bond acceptors (Lipinski definition) is 6. The molecule has 0 aliphatic heterocycles. The molecule has 2 N–H and O–H groups in total. The standard InChI is InChI=1S/C17H20N4O3S2/c1-4-7-21-15(23)13-9(2)10(3)26-14(13)20-17(21)25-8-12(22)19-16(24)18-11-5-6-11/h4,11H,1,5-8H2,2-3H3,(H2,18,19,22,24). The summed E-state index contributed by atoms with van der Waals surface area (Å²) >= 11 is 2.60. The number of imide groups is 1. The van der Waals surface area contributed by atoms with Crippen molar-refractivity contribution in [3.8, 4) is 0 Å². The molecule has 2 aromatic rings. The van der Waals surface area contributed by atoms with Crippen LogP contribution in [-0.2, 0) is 11.3 Å². The number of aromatic nitrogens is 2. The fourth-order valence-corrected chi connectivity index (χ4v) is 4.33. The molecule has 0 bridgehead atoms. The van der Waals surface area contributed by atoms with Gasteiger partial charge in [0.05, 0.1) is 11.1 Å². The molecule has 0 saturated heterocycles. The van der Waals surface area contributed by atoms with Crippen LogP contribution in [0.25, 0.3) is 10.2 Å². The van der Waals surface area contributed by atoms with Crippen LogP contribution in [0.5, 0.6) is 0 Å². The summed E-state index contributed by atoms with van der Waals surface area (Å²) < 4.78 is 1.51. The van der Waals surface area contributed by atoms with Gasteiger partial charge in [-0.2, -0.15) is 0 Å². The van der Waals surface area contributed by atoms with Crippen LogP contribution in [0.3, 0.4) is 0 Å². The number of allylic oxidation sites excluding steroid dienone is 1. The van der Waals surface area contributed by atoms with E-state index in [2.05, 4.69) is 22.2 Å². The summed E-state index contributed by atoms with van der Waals surface area (Å²) in [5.74, 6) is -0.428. The van der Waals surface area contributed by atoms with Crippen molar-refractivity contribution in [2.75, 3.05) is 5.75 Å². The Hall–Kier alpha value is -2.13. The number of thioether (sulfide) groups is 1. The Balaban J connectivity index is 1.78. The summed E-state index contributed by atoms with van der Waals surface area (Å²) in [7, 11) is 0. The summed E-state index contributed by atoms with van der Waals surface area (Å²) in [6.45, 7) is 7.86. The second-order valence-corrected chi connectivity index (χ2v) is 8.29. The predicted molar refractivity (Wildman–Crippen MR) is 104 cm³/mol. The third kappa shape index (κ3) is 3.99. The van der Waals surface area contributed by atoms with E-state index in [9.17, 15) is 14.4 Å². The largest absolute Gasteiger partial charge is 0.335 e. The Bertz CT molecular complexity index is 944. The molecule has 9 heteroatoms. The van der Waals surface area contributed by atoms with Gasteiger partial charge in [-0.15, -0.1) is 17.9 Å². The highest BCUT2D eigenvalue weighted by atomic mass is 32.2. The number of hydrogen-bond donors (Lipinski definition) is 2. The van der Waals surface area contributed by atoms with Gasteiger partial charge in [0.25, 0.3) is 5.56 Å². The average Bonchev–Trinajstić information content (AvgIpc) is 3.34. The minimum Gasteiger partial charge on any atom is -0.335 e. The van der Waals surface area contributed by atoms with E-state index in [4.69, 9.17) is 0 Å². The highest BCUT2D eigenvalue weighted by Crippen LogP contribution is 2.28. The van der Waals surface area contributed by atoms with E-state index in [1.54, 1.807) is 6.08 Å². The van der Waals surface area contributed by atoms with Crippen molar-refractivity contribution in [2.24, 2.45) is 0 Å². The van der Waals surface area contributed by atoms with Crippen LogP contribution >= 0.6 is 23.1 Å². The lowest BCUT2D eigenvalue weighted by atomic mass is 10.2. The maximum atomic E-state index is 12.8. The molecule has 1 fully saturated rings. The van der Waals surface area contributed by atoms with Gasteiger partial charge in [-0.05, 0) is 32.3 Å². The summed E-state index contributed by atoms with van der Waals surface area (Å²) in [5.41, 5.74) is 0.803. The van der Waals surface area contributed by atoms with Crippen molar-refractivity contribution >= 4 is 45.3 Å². The van der Waals surface area contributed by atoms with Crippen LogP contribution in [0.2, 0.25) is 0 Å². The summed E-state index contributed by atoms with van der Waals surface area (Å²) in [6, 6.07) is -0.294. The first-order chi connectivity index (χ1) is 12.4. The molecule has 1 aliphatic carbocycles. The van der Waals surface area contributed by atoms with Crippen molar-refractivity contribution in [1.82, 2.24) is 20.2 Å². The highest BCUT2D eigenvalue weighted by molar-refractivity contribution is 7.99. The third-order valence-electron chi connectivity index (χ3n) is 4.06. The van der Waals surface area contributed by atoms with E-state index in [1.165, 1.54) is 15.9 Å². The minimum absolute atomic E-state index is 0.00346. The lowest BCUT2D eigenvalue weighted by molar-refractivity contribution is -0.117. The summed E-state index contributed by atoms with van der Waals surface area (Å²) in [5, 5.41) is 6.05. The lowest BCUT2D eigenvalue weighted by Crippen LogP contribution is -2.41. The highest BCUT2D eigenvalue weighted by Gasteiger charge is 2.24. The van der Waals surface area contributed by atoms with Crippen molar-refractivity contribution < 1.29 is 9.59 Å². The van der Waals surface area contributed by atoms with Gasteiger partial charge in [0, 0.05) is 17.5 Å². The van der Waals surface area contributed by atoms with E-state index in [-0.39, 0.29) is 17.4 Å². The first-order valence-electron chi connectivity index (χ1n) is 8.25. The molecule has 0 atom stereocenters. The quantitative estimate of drug-likeness (QED) is 0.447. The second kappa shape index (κ2) is 7.63. The van der Waals surface area contributed by atoms with E-state index in [0.717, 1.165) is 35.0 Å². The van der Waals surface area contributed by atoms with Gasteiger partial charge in [0.1, 0.15) is 4.83 Å². The van der Waals surface area contributed by atoms with Crippen LogP contribution < -0.4 is 16.2 Å². The molecular formula is C17H20N4O3S2. The molecule has 2 aromatic heterocycles. The Labute approximate surface area is 158 Å². The molecule has 2 heterocycles. The first-order valence-corrected chi connectivity index (χ1v) is 10.1. The third-order valence-corrected chi connectivity index (χ3v) is 6.14. The monoisotopic (exact) mass is 392 g/mol. The number of nitrogens with zero attached hydrogens (tertiary/aromatic N) is 2. The maximum absolute atomic E-state index is 12.8. The zero-order valence-electron chi connectivity index (χ0n) is 14.6. The van der Waals surface area contributed by atoms with E-state index in [0.29, 0.717) is 21.9 Å². The Kier molecular flexibility index (Phi) is 5.47. The molecule has 138 valence electrons. The molecule has 1 aliphatic rings. The number of carbonyl (C=O) groups is 2. The Morgan fingerprint density at radius 1 is 1.42 bits per heavy atom. The van der Waals surface area contributed by atoms with Gasteiger partial charge in [-0.25, -0.2) is 9.78 Å². The van der Waals surface area contributed by atoms with Gasteiger partial charge in [-0.1, -0.05) is 17.8 Å². The van der Waals surface area contributed by atoms with Crippen LogP contribution in [-0.4, -0.2) is 33.3 Å². The molecule has 1 saturated carbocycles. The lowest BCUT2D eigenvalue weighted by Gasteiger charge is -2.10. The van der Waals surface area contributed by atoms with Gasteiger partial charge in [0.2, 0.25) is 5.91 Å². The Morgan fingerprint density at radius 2 is 2.15 bits per heavy atom. The number of rotatable bonds is 6. The average molecular weight is 393 g/mol. The normalized spacial score (nSPS) is 13.6. The smallest absolute Gasteiger partial charge is 0.321 e. The molecule has 3 amide bonds. The number of thiophene rings is 1. The molecular weight excluding hydrogens is 372 g/mol. The zero-order chi connectivity index (χ0) is 18.8. The number of fused-ring (bicyclic) bond motifs is 1. The molecule has 0 aromatic carbocycles. The number of amides is 3. The van der Waals surface area contributed by atoms with Crippen LogP contribution in [0.1, 0.15) is 23.3 Å². The van der Waals surface area contributed by atoms with Crippen molar-refractivity contribution in [3.05, 3.63) is 33.4 Å². The fraction of sp³-hybridized carbons (Fsp3) is 0.412. The Morgan fingerprint density at radius 3 is 2.81 bits per heavy atom. The van der Waals surface area contributed by atoms with Gasteiger partial charge < -0.3 is 5.32 Å². The predicted octanol–water partition coefficient (Wildman–Crippen LogP) is 2.34. The topological polar surface area (TPSA) is 93.1 Å². The molecule has 0 unspecified atom stereocenters. The van der Waals surface area contributed by atoms with E-state index < -0.39 is 11.9 Å². The minimum atomic E-state index is -0.477. The fourth-order valence-electron chi connectivity index (χ4n) is 2.45. The summed E-state index contributed by atoms with van der Waals surface area (Å²) in [6.07, 6.45) is 3.53. The zero-order valence-corrected chi connectivity index (χ0v) is 16.3. The van der Waals surface area contributed by atoms with Gasteiger partial charge in [0.15, 0.2) is 5.16 Å². The van der Waals surface area contributed by atoms with Crippen LogP contribution in [0.4, 0.5) is 4.79 Å². The number of aryl methyl sites for hydroxylation is 2. The maximum Gasteiger partial charge on any atom is 0.321 e. The molecule has 26 heavy (non-hydrogen) atoms. The van der Waals surface area contributed by atoms with Crippen LogP contribution in [0.15, 0.2) is 22.6 Å². The first kappa shape index (κ1) is 18.7. The molecule has 3 rings (SSSR count). The second-order valence-electron chi connectivity index (χ2n) is 6.15. The SMILES string of the molecule is C=CCn1c(SCC(=O)NC(=O)NC2CC2)nc2sc(C)c(C)c2c1=O. The number of urea groups is 1. The summed E-state index contributed by atoms with van der Waals surface area (Å²) in [4.78, 5) is 42.7. The van der Waals surface area contributed by atoms with E-state index in [1.807, 2.05) is 13.8 Å². The van der Waals surface area contributed by atoms with Crippen LogP contribution in [0, 0.1) is 13.8 Å². The van der Waals surface area contributed by atoms with Crippen molar-refractivity contribution in [2.45, 2.75) is 44.4 Å². The number of nitrogens with one attached hydrogen (secondary N) is 2. The van der Waals surface area contributed by atoms with Gasteiger partial charge in [-0.3, -0.25) is 19.5 Å². The van der Waals surface area contributed by atoms with Gasteiger partial charge >= 0.3 is 6.03 Å². The van der Waals surface area contributed by atoms with Crippen molar-refractivity contribution in [3.63, 3.8) is 0 Å². The molecule has 0 spiro atoms. The molecule has 0 radical (unpaired) electrons.